The Morgan fingerprint density at radius 2 is 1.76 bits per heavy atom. The molecule has 178 valence electrons. The van der Waals surface area contributed by atoms with E-state index in [1.165, 1.54) is 43.4 Å². The third-order valence-electron chi connectivity index (χ3n) is 5.22. The maximum atomic E-state index is 13.4. The van der Waals surface area contributed by atoms with Crippen LogP contribution in [0.3, 0.4) is 0 Å². The standard InChI is InChI=1S/C22H18F3N3O5S/c1-27-17(3-2-4-20(27)29)21(30)26-15-7-10-18-19(13-15)34(31,32)28(11-12-33-18)16-8-5-14(6-9-16)22(23,24)25/h2-10,13H,11-12H2,1H3,(H,26,30). The van der Waals surface area contributed by atoms with Gasteiger partial charge in [0.1, 0.15) is 22.9 Å². The molecule has 1 aliphatic rings. The maximum absolute atomic E-state index is 13.4. The van der Waals surface area contributed by atoms with Crippen molar-refractivity contribution in [2.45, 2.75) is 11.1 Å². The van der Waals surface area contributed by atoms with E-state index in [-0.39, 0.29) is 40.9 Å². The summed E-state index contributed by atoms with van der Waals surface area (Å²) >= 11 is 0. The highest BCUT2D eigenvalue weighted by atomic mass is 32.2. The summed E-state index contributed by atoms with van der Waals surface area (Å²) in [4.78, 5) is 24.1. The molecule has 0 saturated heterocycles. The van der Waals surface area contributed by atoms with Crippen LogP contribution in [0, 0.1) is 0 Å². The van der Waals surface area contributed by atoms with Crippen LogP contribution in [0.15, 0.2) is 70.4 Å². The molecule has 1 aliphatic heterocycles. The predicted octanol–water partition coefficient (Wildman–Crippen LogP) is 3.24. The number of aromatic nitrogens is 1. The van der Waals surface area contributed by atoms with Crippen molar-refractivity contribution in [2.75, 3.05) is 22.8 Å². The van der Waals surface area contributed by atoms with Crippen molar-refractivity contribution in [3.63, 3.8) is 0 Å². The van der Waals surface area contributed by atoms with E-state index in [0.29, 0.717) is 0 Å². The molecule has 0 atom stereocenters. The number of alkyl halides is 3. The summed E-state index contributed by atoms with van der Waals surface area (Å²) in [6, 6.07) is 11.9. The van der Waals surface area contributed by atoms with Crippen LogP contribution in [0.2, 0.25) is 0 Å². The maximum Gasteiger partial charge on any atom is 0.416 e. The monoisotopic (exact) mass is 493 g/mol. The summed E-state index contributed by atoms with van der Waals surface area (Å²) in [5.41, 5.74) is -1.06. The van der Waals surface area contributed by atoms with Gasteiger partial charge < -0.3 is 14.6 Å². The zero-order chi connectivity index (χ0) is 24.7. The second kappa shape index (κ2) is 8.52. The third-order valence-corrected chi connectivity index (χ3v) is 7.07. The van der Waals surface area contributed by atoms with Gasteiger partial charge >= 0.3 is 6.18 Å². The van der Waals surface area contributed by atoms with Gasteiger partial charge in [0, 0.05) is 18.8 Å². The normalized spacial score (nSPS) is 15.1. The number of anilines is 2. The van der Waals surface area contributed by atoms with Crippen LogP contribution in [0.25, 0.3) is 0 Å². The van der Waals surface area contributed by atoms with E-state index in [0.717, 1.165) is 33.1 Å². The fourth-order valence-electron chi connectivity index (χ4n) is 3.46. The average molecular weight is 493 g/mol. The van der Waals surface area contributed by atoms with Crippen molar-refractivity contribution in [2.24, 2.45) is 7.05 Å². The van der Waals surface area contributed by atoms with Gasteiger partial charge in [0.25, 0.3) is 21.5 Å². The minimum atomic E-state index is -4.55. The zero-order valence-corrected chi connectivity index (χ0v) is 18.5. The van der Waals surface area contributed by atoms with Gasteiger partial charge in [0.2, 0.25) is 0 Å². The highest BCUT2D eigenvalue weighted by molar-refractivity contribution is 7.93. The number of halogens is 3. The first-order valence-corrected chi connectivity index (χ1v) is 11.4. The number of sulfonamides is 1. The molecule has 1 aromatic heterocycles. The molecule has 0 fully saturated rings. The molecule has 0 aliphatic carbocycles. The fourth-order valence-corrected chi connectivity index (χ4v) is 5.06. The Morgan fingerprint density at radius 3 is 2.44 bits per heavy atom. The number of nitrogens with zero attached hydrogens (tertiary/aromatic N) is 2. The molecule has 0 radical (unpaired) electrons. The number of carbonyl (C=O) groups is 1. The van der Waals surface area contributed by atoms with Crippen molar-refractivity contribution < 1.29 is 31.1 Å². The van der Waals surface area contributed by atoms with Gasteiger partial charge in [-0.15, -0.1) is 0 Å². The predicted molar refractivity (Wildman–Crippen MR) is 118 cm³/mol. The summed E-state index contributed by atoms with van der Waals surface area (Å²) in [7, 11) is -2.81. The highest BCUT2D eigenvalue weighted by Gasteiger charge is 2.34. The molecule has 12 heteroatoms. The van der Waals surface area contributed by atoms with Gasteiger partial charge in [-0.2, -0.15) is 13.2 Å². The van der Waals surface area contributed by atoms with Gasteiger partial charge in [0.05, 0.1) is 17.8 Å². The molecule has 2 aromatic carbocycles. The number of amides is 1. The van der Waals surface area contributed by atoms with E-state index >= 15 is 0 Å². The van der Waals surface area contributed by atoms with Crippen molar-refractivity contribution in [1.82, 2.24) is 4.57 Å². The van der Waals surface area contributed by atoms with Gasteiger partial charge in [-0.25, -0.2) is 8.42 Å². The van der Waals surface area contributed by atoms with Gasteiger partial charge in [0.15, 0.2) is 0 Å². The number of fused-ring (bicyclic) bond motifs is 1. The molecule has 1 N–H and O–H groups in total. The Labute approximate surface area is 192 Å². The first kappa shape index (κ1) is 23.4. The van der Waals surface area contributed by atoms with Crippen LogP contribution in [0.5, 0.6) is 5.75 Å². The number of carbonyl (C=O) groups excluding carboxylic acids is 1. The minimum Gasteiger partial charge on any atom is -0.490 e. The molecule has 34 heavy (non-hydrogen) atoms. The smallest absolute Gasteiger partial charge is 0.416 e. The minimum absolute atomic E-state index is 0.0366. The molecular formula is C22H18F3N3O5S. The van der Waals surface area contributed by atoms with Crippen LogP contribution in [0.1, 0.15) is 16.1 Å². The molecule has 0 saturated carbocycles. The molecule has 0 unspecified atom stereocenters. The Balaban J connectivity index is 1.68. The van der Waals surface area contributed by atoms with Crippen molar-refractivity contribution >= 4 is 27.3 Å². The molecule has 0 spiro atoms. The Hall–Kier alpha value is -3.80. The quantitative estimate of drug-likeness (QED) is 0.604. The van der Waals surface area contributed by atoms with E-state index in [2.05, 4.69) is 5.32 Å². The highest BCUT2D eigenvalue weighted by Crippen LogP contribution is 2.36. The second-order valence-corrected chi connectivity index (χ2v) is 9.22. The number of hydrogen-bond acceptors (Lipinski definition) is 5. The largest absolute Gasteiger partial charge is 0.490 e. The lowest BCUT2D eigenvalue weighted by Crippen LogP contribution is -2.32. The summed E-state index contributed by atoms with van der Waals surface area (Å²) < 4.78 is 73.1. The van der Waals surface area contributed by atoms with E-state index in [4.69, 9.17) is 4.74 Å². The van der Waals surface area contributed by atoms with Crippen LogP contribution >= 0.6 is 0 Å². The van der Waals surface area contributed by atoms with Gasteiger partial charge in [-0.3, -0.25) is 13.9 Å². The molecule has 0 bridgehead atoms. The average Bonchev–Trinajstić information content (AvgIpc) is 2.91. The summed E-state index contributed by atoms with van der Waals surface area (Å²) in [6.07, 6.45) is -4.55. The molecule has 1 amide bonds. The molecule has 4 rings (SSSR count). The first-order chi connectivity index (χ1) is 16.0. The first-order valence-electron chi connectivity index (χ1n) is 9.93. The van der Waals surface area contributed by atoms with Gasteiger partial charge in [-0.05, 0) is 48.5 Å². The Morgan fingerprint density at radius 1 is 1.06 bits per heavy atom. The number of rotatable bonds is 3. The zero-order valence-electron chi connectivity index (χ0n) is 17.7. The number of nitrogens with one attached hydrogen (secondary N) is 1. The molecule has 3 aromatic rings. The lowest BCUT2D eigenvalue weighted by Gasteiger charge is -2.22. The number of hydrogen-bond donors (Lipinski definition) is 1. The molecule has 2 heterocycles. The van der Waals surface area contributed by atoms with Crippen molar-refractivity contribution in [3.8, 4) is 5.75 Å². The van der Waals surface area contributed by atoms with E-state index in [9.17, 15) is 31.2 Å². The number of ether oxygens (including phenoxy) is 1. The number of pyridine rings is 1. The topological polar surface area (TPSA) is 97.7 Å². The lowest BCUT2D eigenvalue weighted by molar-refractivity contribution is -0.137. The summed E-state index contributed by atoms with van der Waals surface area (Å²) in [5.74, 6) is -0.591. The Bertz CT molecular complexity index is 1420. The third kappa shape index (κ3) is 4.36. The van der Waals surface area contributed by atoms with Crippen LogP contribution in [-0.2, 0) is 23.2 Å². The van der Waals surface area contributed by atoms with Crippen LogP contribution in [0.4, 0.5) is 24.5 Å². The van der Waals surface area contributed by atoms with Gasteiger partial charge in [-0.1, -0.05) is 6.07 Å². The number of benzene rings is 2. The lowest BCUT2D eigenvalue weighted by atomic mass is 10.2. The SMILES string of the molecule is Cn1c(C(=O)Nc2ccc3c(c2)S(=O)(=O)N(c2ccc(C(F)(F)F)cc2)CCO3)cccc1=O. The van der Waals surface area contributed by atoms with E-state index in [1.54, 1.807) is 0 Å². The molecule has 8 nitrogen and oxygen atoms in total. The van der Waals surface area contributed by atoms with E-state index in [1.807, 2.05) is 0 Å². The summed E-state index contributed by atoms with van der Waals surface area (Å²) in [6.45, 7) is -0.165. The van der Waals surface area contributed by atoms with Crippen LogP contribution < -0.4 is 19.9 Å². The fraction of sp³-hybridized carbons (Fsp3) is 0.182. The van der Waals surface area contributed by atoms with Crippen molar-refractivity contribution in [3.05, 3.63) is 82.3 Å². The summed E-state index contributed by atoms with van der Waals surface area (Å²) in [5, 5.41) is 2.55. The van der Waals surface area contributed by atoms with Crippen LogP contribution in [-0.4, -0.2) is 32.0 Å². The Kier molecular flexibility index (Phi) is 5.86. The van der Waals surface area contributed by atoms with E-state index < -0.39 is 33.2 Å². The second-order valence-electron chi connectivity index (χ2n) is 7.39. The molecular weight excluding hydrogens is 475 g/mol. The van der Waals surface area contributed by atoms with Crippen molar-refractivity contribution in [1.29, 1.82) is 0 Å².